The van der Waals surface area contributed by atoms with Crippen LogP contribution in [0.15, 0.2) is 48.5 Å². The Morgan fingerprint density at radius 1 is 1.03 bits per heavy atom. The first kappa shape index (κ1) is 22.5. The van der Waals surface area contributed by atoms with Crippen molar-refractivity contribution in [3.8, 4) is 5.75 Å². The number of ether oxygens (including phenoxy) is 1. The first-order valence-corrected chi connectivity index (χ1v) is 10.2. The van der Waals surface area contributed by atoms with Crippen molar-refractivity contribution < 1.29 is 14.3 Å². The minimum Gasteiger partial charge on any atom is -0.483 e. The lowest BCUT2D eigenvalue weighted by molar-refractivity contribution is -0.142. The fraction of sp³-hybridized carbons (Fsp3) is 0.417. The molecule has 0 aromatic heterocycles. The van der Waals surface area contributed by atoms with Gasteiger partial charge in [-0.15, -0.1) is 0 Å². The van der Waals surface area contributed by atoms with Gasteiger partial charge < -0.3 is 15.0 Å². The molecule has 0 aliphatic rings. The van der Waals surface area contributed by atoms with E-state index >= 15 is 0 Å². The van der Waals surface area contributed by atoms with Crippen molar-refractivity contribution in [1.29, 1.82) is 0 Å². The van der Waals surface area contributed by atoms with E-state index in [2.05, 4.69) is 19.2 Å². The lowest BCUT2D eigenvalue weighted by Gasteiger charge is -2.29. The van der Waals surface area contributed by atoms with E-state index in [1.54, 1.807) is 11.8 Å². The molecule has 0 fully saturated rings. The molecule has 1 atom stereocenters. The summed E-state index contributed by atoms with van der Waals surface area (Å²) in [5.74, 6) is 0.610. The number of hydrogen-bond acceptors (Lipinski definition) is 3. The number of benzene rings is 2. The van der Waals surface area contributed by atoms with Crippen LogP contribution in [0.3, 0.4) is 0 Å². The van der Waals surface area contributed by atoms with Crippen LogP contribution in [0.4, 0.5) is 0 Å². The second kappa shape index (κ2) is 10.6. The summed E-state index contributed by atoms with van der Waals surface area (Å²) in [6.45, 7) is 10.6. The van der Waals surface area contributed by atoms with Gasteiger partial charge in [0.25, 0.3) is 5.91 Å². The highest BCUT2D eigenvalue weighted by atomic mass is 16.5. The van der Waals surface area contributed by atoms with Crippen LogP contribution in [0.5, 0.6) is 5.75 Å². The van der Waals surface area contributed by atoms with Crippen LogP contribution in [0.25, 0.3) is 0 Å². The molecule has 2 rings (SSSR count). The third-order valence-corrected chi connectivity index (χ3v) is 5.01. The summed E-state index contributed by atoms with van der Waals surface area (Å²) in [5, 5.41) is 2.81. The minimum absolute atomic E-state index is 0.112. The molecule has 0 aliphatic carbocycles. The first-order valence-electron chi connectivity index (χ1n) is 10.2. The molecule has 5 nitrogen and oxygen atoms in total. The van der Waals surface area contributed by atoms with Crippen LogP contribution < -0.4 is 10.1 Å². The van der Waals surface area contributed by atoms with Crippen molar-refractivity contribution in [3.63, 3.8) is 0 Å². The summed E-state index contributed by atoms with van der Waals surface area (Å²) in [5.41, 5.74) is 3.15. The van der Waals surface area contributed by atoms with E-state index < -0.39 is 6.04 Å². The topological polar surface area (TPSA) is 58.6 Å². The van der Waals surface area contributed by atoms with Crippen molar-refractivity contribution in [3.05, 3.63) is 65.2 Å². The number of nitrogens with one attached hydrogen (secondary N) is 1. The molecule has 5 heteroatoms. The van der Waals surface area contributed by atoms with E-state index in [1.165, 1.54) is 0 Å². The number of nitrogens with zero attached hydrogens (tertiary/aromatic N) is 1. The molecule has 2 aromatic carbocycles. The van der Waals surface area contributed by atoms with Gasteiger partial charge in [0.2, 0.25) is 5.91 Å². The van der Waals surface area contributed by atoms with E-state index in [0.717, 1.165) is 16.7 Å². The molecule has 0 bridgehead atoms. The van der Waals surface area contributed by atoms with Gasteiger partial charge >= 0.3 is 0 Å². The third kappa shape index (κ3) is 6.08. The first-order chi connectivity index (χ1) is 13.8. The largest absolute Gasteiger partial charge is 0.483 e. The van der Waals surface area contributed by atoms with E-state index in [4.69, 9.17) is 4.74 Å². The molecule has 2 amide bonds. The third-order valence-electron chi connectivity index (χ3n) is 5.01. The molecule has 0 aliphatic heterocycles. The number of para-hydroxylation sites is 1. The van der Waals surface area contributed by atoms with Crippen LogP contribution in [-0.4, -0.2) is 35.9 Å². The average Bonchev–Trinajstić information content (AvgIpc) is 2.71. The average molecular weight is 397 g/mol. The zero-order valence-corrected chi connectivity index (χ0v) is 18.1. The zero-order chi connectivity index (χ0) is 21.4. The Morgan fingerprint density at radius 2 is 1.69 bits per heavy atom. The van der Waals surface area contributed by atoms with Crippen molar-refractivity contribution in [2.75, 3.05) is 13.2 Å². The van der Waals surface area contributed by atoms with Gasteiger partial charge in [0.15, 0.2) is 6.61 Å². The van der Waals surface area contributed by atoms with E-state index in [0.29, 0.717) is 24.8 Å². The standard InChI is InChI=1S/C24H32N2O3/c1-6-25-24(28)19(5)26(15-20-12-8-7-11-18(20)4)23(27)16-29-22-14-10-9-13-21(22)17(2)3/h7-14,17,19H,6,15-16H2,1-5H3,(H,25,28)/t19-/m0/s1. The molecule has 0 radical (unpaired) electrons. The Kier molecular flexibility index (Phi) is 8.25. The monoisotopic (exact) mass is 396 g/mol. The van der Waals surface area contributed by atoms with Gasteiger partial charge in [0, 0.05) is 13.1 Å². The molecule has 0 saturated carbocycles. The summed E-state index contributed by atoms with van der Waals surface area (Å²) in [4.78, 5) is 27.1. The van der Waals surface area contributed by atoms with Crippen molar-refractivity contribution in [1.82, 2.24) is 10.2 Å². The highest BCUT2D eigenvalue weighted by molar-refractivity contribution is 5.88. The molecule has 0 heterocycles. The van der Waals surface area contributed by atoms with E-state index in [1.807, 2.05) is 62.4 Å². The van der Waals surface area contributed by atoms with Gasteiger partial charge in [-0.05, 0) is 49.4 Å². The second-order valence-corrected chi connectivity index (χ2v) is 7.50. The number of aryl methyl sites for hydroxylation is 1. The predicted molar refractivity (Wildman–Crippen MR) is 116 cm³/mol. The van der Waals surface area contributed by atoms with Gasteiger partial charge in [-0.2, -0.15) is 0 Å². The molecule has 1 N–H and O–H groups in total. The maximum Gasteiger partial charge on any atom is 0.261 e. The molecule has 0 spiro atoms. The number of hydrogen-bond donors (Lipinski definition) is 1. The van der Waals surface area contributed by atoms with Gasteiger partial charge in [-0.1, -0.05) is 56.3 Å². The smallest absolute Gasteiger partial charge is 0.261 e. The molecular formula is C24H32N2O3. The highest BCUT2D eigenvalue weighted by Gasteiger charge is 2.26. The summed E-state index contributed by atoms with van der Waals surface area (Å²) in [6.07, 6.45) is 0. The molecule has 0 unspecified atom stereocenters. The maximum absolute atomic E-state index is 13.1. The minimum atomic E-state index is -0.592. The highest BCUT2D eigenvalue weighted by Crippen LogP contribution is 2.26. The Bertz CT molecular complexity index is 832. The Morgan fingerprint density at radius 3 is 2.34 bits per heavy atom. The van der Waals surface area contributed by atoms with Crippen LogP contribution in [0, 0.1) is 6.92 Å². The molecule has 29 heavy (non-hydrogen) atoms. The van der Waals surface area contributed by atoms with Gasteiger partial charge in [-0.3, -0.25) is 9.59 Å². The number of likely N-dealkylation sites (N-methyl/N-ethyl adjacent to an activating group) is 1. The molecule has 0 saturated heterocycles. The normalized spacial score (nSPS) is 11.8. The summed E-state index contributed by atoms with van der Waals surface area (Å²) >= 11 is 0. The fourth-order valence-corrected chi connectivity index (χ4v) is 3.19. The lowest BCUT2D eigenvalue weighted by atomic mass is 10.0. The second-order valence-electron chi connectivity index (χ2n) is 7.50. The number of rotatable bonds is 9. The van der Waals surface area contributed by atoms with Crippen LogP contribution >= 0.6 is 0 Å². The summed E-state index contributed by atoms with van der Waals surface area (Å²) in [7, 11) is 0. The Labute approximate surface area is 174 Å². The van der Waals surface area contributed by atoms with Crippen molar-refractivity contribution in [2.45, 2.75) is 53.1 Å². The SMILES string of the molecule is CCNC(=O)[C@H](C)N(Cc1ccccc1C)C(=O)COc1ccccc1C(C)C. The number of carbonyl (C=O) groups is 2. The maximum atomic E-state index is 13.1. The van der Waals surface area contributed by atoms with E-state index in [-0.39, 0.29) is 18.4 Å². The molecule has 156 valence electrons. The Hall–Kier alpha value is -2.82. The van der Waals surface area contributed by atoms with Crippen LogP contribution in [0.2, 0.25) is 0 Å². The zero-order valence-electron chi connectivity index (χ0n) is 18.1. The Balaban J connectivity index is 2.20. The number of amides is 2. The van der Waals surface area contributed by atoms with Crippen molar-refractivity contribution in [2.24, 2.45) is 0 Å². The fourth-order valence-electron chi connectivity index (χ4n) is 3.19. The molecule has 2 aromatic rings. The van der Waals surface area contributed by atoms with Crippen molar-refractivity contribution >= 4 is 11.8 Å². The van der Waals surface area contributed by atoms with E-state index in [9.17, 15) is 9.59 Å². The van der Waals surface area contributed by atoms with Crippen LogP contribution in [-0.2, 0) is 16.1 Å². The summed E-state index contributed by atoms with van der Waals surface area (Å²) in [6, 6.07) is 15.0. The van der Waals surface area contributed by atoms with Gasteiger partial charge in [0.1, 0.15) is 11.8 Å². The van der Waals surface area contributed by atoms with Crippen LogP contribution in [0.1, 0.15) is 50.3 Å². The lowest BCUT2D eigenvalue weighted by Crippen LogP contribution is -2.49. The predicted octanol–water partition coefficient (Wildman–Crippen LogP) is 4.05. The molecular weight excluding hydrogens is 364 g/mol. The van der Waals surface area contributed by atoms with Gasteiger partial charge in [0.05, 0.1) is 0 Å². The quantitative estimate of drug-likeness (QED) is 0.696. The van der Waals surface area contributed by atoms with Gasteiger partial charge in [-0.25, -0.2) is 0 Å². The summed E-state index contributed by atoms with van der Waals surface area (Å²) < 4.78 is 5.88. The number of carbonyl (C=O) groups excluding carboxylic acids is 2.